The Morgan fingerprint density at radius 2 is 1.31 bits per heavy atom. The molecule has 0 aromatic heterocycles. The summed E-state index contributed by atoms with van der Waals surface area (Å²) in [6, 6.07) is 22.9. The fraction of sp³-hybridized carbons (Fsp3) is 0.0952. The summed E-state index contributed by atoms with van der Waals surface area (Å²) >= 11 is 0. The number of sulfonamides is 1. The molecule has 0 spiro atoms. The quantitative estimate of drug-likeness (QED) is 0.505. The van der Waals surface area contributed by atoms with Crippen LogP contribution in [0, 0.1) is 13.8 Å². The maximum atomic E-state index is 12.7. The van der Waals surface area contributed by atoms with E-state index in [1.165, 1.54) is 0 Å². The molecule has 0 amide bonds. The summed E-state index contributed by atoms with van der Waals surface area (Å²) in [5.74, 6) is 0.562. The molecule has 0 bridgehead atoms. The summed E-state index contributed by atoms with van der Waals surface area (Å²) in [7, 11) is -3.89. The SMILES string of the molecule is Cc1ccc(OC(=NS(=O)(=O)c2ccc(C)cc2)c2ccccc2)cc1. The molecule has 0 aliphatic heterocycles. The Kier molecular flexibility index (Phi) is 5.19. The van der Waals surface area contributed by atoms with Crippen LogP contribution in [0.2, 0.25) is 0 Å². The number of ether oxygens (including phenoxy) is 1. The van der Waals surface area contributed by atoms with Gasteiger partial charge in [-0.15, -0.1) is 4.40 Å². The summed E-state index contributed by atoms with van der Waals surface area (Å²) in [6.07, 6.45) is 0. The normalized spacial score (nSPS) is 12.0. The second kappa shape index (κ2) is 7.54. The molecule has 0 aliphatic rings. The van der Waals surface area contributed by atoms with Gasteiger partial charge in [0.2, 0.25) is 5.90 Å². The minimum Gasteiger partial charge on any atom is -0.438 e. The van der Waals surface area contributed by atoms with E-state index in [1.807, 2.05) is 44.2 Å². The van der Waals surface area contributed by atoms with Crippen molar-refractivity contribution in [1.29, 1.82) is 0 Å². The third-order valence-electron chi connectivity index (χ3n) is 3.78. The maximum Gasteiger partial charge on any atom is 0.285 e. The lowest BCUT2D eigenvalue weighted by Gasteiger charge is -2.10. The zero-order valence-electron chi connectivity index (χ0n) is 14.6. The summed E-state index contributed by atoms with van der Waals surface area (Å²) in [6.45, 7) is 3.87. The topological polar surface area (TPSA) is 55.7 Å². The summed E-state index contributed by atoms with van der Waals surface area (Å²) < 4.78 is 35.2. The second-order valence-electron chi connectivity index (χ2n) is 5.97. The van der Waals surface area contributed by atoms with Gasteiger partial charge in [-0.25, -0.2) is 0 Å². The highest BCUT2D eigenvalue weighted by Crippen LogP contribution is 2.18. The van der Waals surface area contributed by atoms with Crippen LogP contribution in [-0.4, -0.2) is 14.3 Å². The van der Waals surface area contributed by atoms with Crippen molar-refractivity contribution in [2.75, 3.05) is 0 Å². The molecular formula is C21H19NO3S. The molecular weight excluding hydrogens is 346 g/mol. The van der Waals surface area contributed by atoms with Crippen LogP contribution >= 0.6 is 0 Å². The van der Waals surface area contributed by atoms with Crippen LogP contribution < -0.4 is 4.74 Å². The van der Waals surface area contributed by atoms with Gasteiger partial charge in [0.05, 0.1) is 4.90 Å². The molecule has 26 heavy (non-hydrogen) atoms. The van der Waals surface area contributed by atoms with Crippen LogP contribution in [0.25, 0.3) is 0 Å². The van der Waals surface area contributed by atoms with Crippen molar-refractivity contribution in [1.82, 2.24) is 0 Å². The van der Waals surface area contributed by atoms with E-state index in [4.69, 9.17) is 4.74 Å². The maximum absolute atomic E-state index is 12.7. The Bertz CT molecular complexity index is 1010. The Labute approximate surface area is 153 Å². The van der Waals surface area contributed by atoms with Crippen LogP contribution in [-0.2, 0) is 10.0 Å². The van der Waals surface area contributed by atoms with Crippen molar-refractivity contribution in [2.45, 2.75) is 18.7 Å². The molecule has 0 saturated carbocycles. The van der Waals surface area contributed by atoms with E-state index in [0.29, 0.717) is 11.3 Å². The molecule has 0 fully saturated rings. The minimum atomic E-state index is -3.89. The summed E-state index contributed by atoms with van der Waals surface area (Å²) in [4.78, 5) is 0.129. The van der Waals surface area contributed by atoms with E-state index in [9.17, 15) is 8.42 Å². The average molecular weight is 365 g/mol. The van der Waals surface area contributed by atoms with Crippen molar-refractivity contribution in [3.8, 4) is 5.75 Å². The smallest absolute Gasteiger partial charge is 0.285 e. The largest absolute Gasteiger partial charge is 0.438 e. The Hall–Kier alpha value is -2.92. The van der Waals surface area contributed by atoms with Crippen LogP contribution in [0.1, 0.15) is 16.7 Å². The molecule has 132 valence electrons. The molecule has 0 aliphatic carbocycles. The third-order valence-corrected chi connectivity index (χ3v) is 5.05. The molecule has 0 radical (unpaired) electrons. The van der Waals surface area contributed by atoms with E-state index in [0.717, 1.165) is 11.1 Å². The standard InChI is InChI=1S/C21H19NO3S/c1-16-8-12-19(13-9-16)25-21(18-6-4-3-5-7-18)22-26(23,24)20-14-10-17(2)11-15-20/h3-15H,1-2H3. The number of hydrogen-bond donors (Lipinski definition) is 0. The van der Waals surface area contributed by atoms with E-state index in [-0.39, 0.29) is 10.8 Å². The van der Waals surface area contributed by atoms with Gasteiger partial charge >= 0.3 is 0 Å². The molecule has 0 N–H and O–H groups in total. The minimum absolute atomic E-state index is 0.0371. The first kappa shape index (κ1) is 17.9. The lowest BCUT2D eigenvalue weighted by atomic mass is 10.2. The fourth-order valence-corrected chi connectivity index (χ4v) is 3.25. The van der Waals surface area contributed by atoms with Crippen molar-refractivity contribution in [3.63, 3.8) is 0 Å². The van der Waals surface area contributed by atoms with Gasteiger partial charge in [0, 0.05) is 5.56 Å². The third kappa shape index (κ3) is 4.37. The highest BCUT2D eigenvalue weighted by atomic mass is 32.2. The van der Waals surface area contributed by atoms with Crippen molar-refractivity contribution in [3.05, 3.63) is 95.6 Å². The molecule has 4 nitrogen and oxygen atoms in total. The number of hydrogen-bond acceptors (Lipinski definition) is 3. The van der Waals surface area contributed by atoms with Crippen LogP contribution in [0.15, 0.2) is 88.2 Å². The van der Waals surface area contributed by atoms with Gasteiger partial charge in [-0.3, -0.25) is 0 Å². The molecule has 0 heterocycles. The predicted molar refractivity (Wildman–Crippen MR) is 103 cm³/mol. The molecule has 5 heteroatoms. The first-order valence-electron chi connectivity index (χ1n) is 8.16. The number of nitrogens with zero attached hydrogens (tertiary/aromatic N) is 1. The van der Waals surface area contributed by atoms with E-state index < -0.39 is 10.0 Å². The summed E-state index contributed by atoms with van der Waals surface area (Å²) in [5.41, 5.74) is 2.65. The number of rotatable bonds is 4. The molecule has 0 unspecified atom stereocenters. The monoisotopic (exact) mass is 365 g/mol. The average Bonchev–Trinajstić information content (AvgIpc) is 2.64. The molecule has 3 rings (SSSR count). The van der Waals surface area contributed by atoms with Crippen LogP contribution in [0.5, 0.6) is 5.75 Å². The predicted octanol–water partition coefficient (Wildman–Crippen LogP) is 4.52. The molecule has 3 aromatic rings. The van der Waals surface area contributed by atoms with E-state index in [2.05, 4.69) is 4.40 Å². The molecule has 0 saturated heterocycles. The second-order valence-corrected chi connectivity index (χ2v) is 7.57. The Balaban J connectivity index is 2.03. The van der Waals surface area contributed by atoms with Gasteiger partial charge in [0.1, 0.15) is 5.75 Å². The van der Waals surface area contributed by atoms with E-state index in [1.54, 1.807) is 48.5 Å². The van der Waals surface area contributed by atoms with Gasteiger partial charge < -0.3 is 4.74 Å². The molecule has 0 atom stereocenters. The summed E-state index contributed by atoms with van der Waals surface area (Å²) in [5, 5.41) is 0. The van der Waals surface area contributed by atoms with Gasteiger partial charge in [-0.05, 0) is 50.2 Å². The number of benzene rings is 3. The Morgan fingerprint density at radius 3 is 1.88 bits per heavy atom. The zero-order chi connectivity index (χ0) is 18.6. The van der Waals surface area contributed by atoms with Crippen molar-refractivity contribution >= 4 is 15.9 Å². The fourth-order valence-electron chi connectivity index (χ4n) is 2.30. The van der Waals surface area contributed by atoms with Crippen molar-refractivity contribution < 1.29 is 13.2 Å². The zero-order valence-corrected chi connectivity index (χ0v) is 15.4. The van der Waals surface area contributed by atoms with Gasteiger partial charge in [-0.1, -0.05) is 53.6 Å². The first-order chi connectivity index (χ1) is 12.4. The van der Waals surface area contributed by atoms with Crippen molar-refractivity contribution in [2.24, 2.45) is 4.40 Å². The highest BCUT2D eigenvalue weighted by molar-refractivity contribution is 7.90. The highest BCUT2D eigenvalue weighted by Gasteiger charge is 2.17. The van der Waals surface area contributed by atoms with Gasteiger partial charge in [0.25, 0.3) is 10.0 Å². The lowest BCUT2D eigenvalue weighted by molar-refractivity contribution is 0.550. The van der Waals surface area contributed by atoms with Crippen LogP contribution in [0.3, 0.4) is 0 Å². The lowest BCUT2D eigenvalue weighted by Crippen LogP contribution is -2.13. The van der Waals surface area contributed by atoms with Gasteiger partial charge in [-0.2, -0.15) is 8.42 Å². The Morgan fingerprint density at radius 1 is 0.769 bits per heavy atom. The van der Waals surface area contributed by atoms with Gasteiger partial charge in [0.15, 0.2) is 0 Å². The molecule has 3 aromatic carbocycles. The first-order valence-corrected chi connectivity index (χ1v) is 9.60. The van der Waals surface area contributed by atoms with Crippen LogP contribution in [0.4, 0.5) is 0 Å². The van der Waals surface area contributed by atoms with E-state index >= 15 is 0 Å². The number of aryl methyl sites for hydroxylation is 2.